The molecule has 1 heterocycles. The highest BCUT2D eigenvalue weighted by Crippen LogP contribution is 2.21. The maximum atomic E-state index is 13.1. The molecule has 3 rings (SSSR count). The van der Waals surface area contributed by atoms with Crippen molar-refractivity contribution in [2.45, 2.75) is 26.4 Å². The van der Waals surface area contributed by atoms with Crippen LogP contribution in [0.15, 0.2) is 53.3 Å². The minimum absolute atomic E-state index is 0.0869. The lowest BCUT2D eigenvalue weighted by Gasteiger charge is -2.23. The molecule has 0 spiro atoms. The number of nitrogens with zero attached hydrogens (tertiary/aromatic N) is 3. The van der Waals surface area contributed by atoms with Gasteiger partial charge in [-0.15, -0.1) is 5.10 Å². The number of hydrogen-bond donors (Lipinski definition) is 1. The number of aromatic nitrogens is 3. The molecule has 0 saturated carbocycles. The lowest BCUT2D eigenvalue weighted by atomic mass is 9.96. The quantitative estimate of drug-likeness (QED) is 0.763. The molecule has 7 heteroatoms. The summed E-state index contributed by atoms with van der Waals surface area (Å²) >= 11 is 0. The highest BCUT2D eigenvalue weighted by molar-refractivity contribution is 5.78. The zero-order chi connectivity index (χ0) is 18.7. The van der Waals surface area contributed by atoms with E-state index in [1.54, 1.807) is 36.4 Å². The molecule has 2 aromatic carbocycles. The smallest absolute Gasteiger partial charge is 0.278 e. The van der Waals surface area contributed by atoms with E-state index in [2.05, 4.69) is 15.6 Å². The number of rotatable bonds is 5. The van der Waals surface area contributed by atoms with Crippen LogP contribution in [0.25, 0.3) is 10.9 Å². The first-order valence-corrected chi connectivity index (χ1v) is 8.33. The fourth-order valence-electron chi connectivity index (χ4n) is 2.79. The first-order valence-electron chi connectivity index (χ1n) is 8.33. The molecule has 3 aromatic rings. The number of carbonyl (C=O) groups is 1. The van der Waals surface area contributed by atoms with Crippen molar-refractivity contribution in [3.8, 4) is 0 Å². The summed E-state index contributed by atoms with van der Waals surface area (Å²) in [6.07, 6.45) is 0. The van der Waals surface area contributed by atoms with Gasteiger partial charge in [0.25, 0.3) is 5.56 Å². The molecule has 0 aliphatic carbocycles. The van der Waals surface area contributed by atoms with E-state index in [1.807, 2.05) is 13.8 Å². The lowest BCUT2D eigenvalue weighted by Crippen LogP contribution is -2.37. The minimum Gasteiger partial charge on any atom is -0.347 e. The van der Waals surface area contributed by atoms with Crippen molar-refractivity contribution in [3.05, 3.63) is 70.3 Å². The van der Waals surface area contributed by atoms with Gasteiger partial charge in [0.1, 0.15) is 17.9 Å². The Kier molecular flexibility index (Phi) is 5.06. The molecular formula is C19H19FN4O2. The number of hydrogen-bond acceptors (Lipinski definition) is 4. The summed E-state index contributed by atoms with van der Waals surface area (Å²) in [5, 5.41) is 11.1. The van der Waals surface area contributed by atoms with Crippen molar-refractivity contribution in [2.24, 2.45) is 5.92 Å². The Hall–Kier alpha value is -3.09. The van der Waals surface area contributed by atoms with Crippen LogP contribution < -0.4 is 10.9 Å². The first kappa shape index (κ1) is 17.7. The summed E-state index contributed by atoms with van der Waals surface area (Å²) in [7, 11) is 0. The summed E-state index contributed by atoms with van der Waals surface area (Å²) in [5.74, 6) is -0.607. The van der Waals surface area contributed by atoms with Crippen molar-refractivity contribution < 1.29 is 9.18 Å². The Morgan fingerprint density at radius 3 is 2.54 bits per heavy atom. The maximum Gasteiger partial charge on any atom is 0.278 e. The number of carbonyl (C=O) groups excluding carboxylic acids is 1. The van der Waals surface area contributed by atoms with Crippen LogP contribution in [-0.4, -0.2) is 20.9 Å². The van der Waals surface area contributed by atoms with Crippen molar-refractivity contribution >= 4 is 16.8 Å². The number of halogens is 1. The average molecular weight is 354 g/mol. The van der Waals surface area contributed by atoms with Gasteiger partial charge in [0.2, 0.25) is 5.91 Å². The van der Waals surface area contributed by atoms with Crippen molar-refractivity contribution in [1.82, 2.24) is 20.3 Å². The van der Waals surface area contributed by atoms with Crippen LogP contribution in [-0.2, 0) is 11.3 Å². The SMILES string of the molecule is CC(C)C(NC(=O)Cn1nnc2ccccc2c1=O)c1ccc(F)cc1. The topological polar surface area (TPSA) is 76.9 Å². The lowest BCUT2D eigenvalue weighted by molar-refractivity contribution is -0.123. The van der Waals surface area contributed by atoms with E-state index in [1.165, 1.54) is 12.1 Å². The van der Waals surface area contributed by atoms with Crippen LogP contribution in [0.4, 0.5) is 4.39 Å². The molecule has 1 atom stereocenters. The molecule has 26 heavy (non-hydrogen) atoms. The van der Waals surface area contributed by atoms with Gasteiger partial charge in [-0.2, -0.15) is 0 Å². The summed E-state index contributed by atoms with van der Waals surface area (Å²) in [6, 6.07) is 12.5. The first-order chi connectivity index (χ1) is 12.5. The predicted molar refractivity (Wildman–Crippen MR) is 95.9 cm³/mol. The molecule has 134 valence electrons. The van der Waals surface area contributed by atoms with E-state index in [9.17, 15) is 14.0 Å². The molecule has 6 nitrogen and oxygen atoms in total. The van der Waals surface area contributed by atoms with Crippen molar-refractivity contribution in [1.29, 1.82) is 0 Å². The Morgan fingerprint density at radius 1 is 1.15 bits per heavy atom. The van der Waals surface area contributed by atoms with Gasteiger partial charge in [0.15, 0.2) is 0 Å². The second-order valence-electron chi connectivity index (χ2n) is 6.41. The molecule has 1 N–H and O–H groups in total. The molecule has 1 amide bonds. The van der Waals surface area contributed by atoms with Crippen LogP contribution in [0.1, 0.15) is 25.5 Å². The summed E-state index contributed by atoms with van der Waals surface area (Å²) in [4.78, 5) is 24.9. The third-order valence-electron chi connectivity index (χ3n) is 4.13. The van der Waals surface area contributed by atoms with Crippen LogP contribution in [0.5, 0.6) is 0 Å². The van der Waals surface area contributed by atoms with E-state index < -0.39 is 0 Å². The normalized spacial score (nSPS) is 12.3. The number of amides is 1. The Bertz CT molecular complexity index is 983. The third-order valence-corrected chi connectivity index (χ3v) is 4.13. The van der Waals surface area contributed by atoms with Gasteiger partial charge in [-0.1, -0.05) is 43.3 Å². The van der Waals surface area contributed by atoms with Gasteiger partial charge in [-0.3, -0.25) is 9.59 Å². The summed E-state index contributed by atoms with van der Waals surface area (Å²) in [6.45, 7) is 3.67. The van der Waals surface area contributed by atoms with Gasteiger partial charge >= 0.3 is 0 Å². The van der Waals surface area contributed by atoms with Gasteiger partial charge in [0.05, 0.1) is 11.4 Å². The average Bonchev–Trinajstić information content (AvgIpc) is 2.63. The van der Waals surface area contributed by atoms with Gasteiger partial charge < -0.3 is 5.32 Å². The maximum absolute atomic E-state index is 13.1. The fraction of sp³-hybridized carbons (Fsp3) is 0.263. The number of nitrogens with one attached hydrogen (secondary N) is 1. The second kappa shape index (κ2) is 7.43. The number of fused-ring (bicyclic) bond motifs is 1. The highest BCUT2D eigenvalue weighted by Gasteiger charge is 2.19. The third kappa shape index (κ3) is 3.77. The van der Waals surface area contributed by atoms with Crippen LogP contribution in [0, 0.1) is 11.7 Å². The molecule has 0 bridgehead atoms. The predicted octanol–water partition coefficient (Wildman–Crippen LogP) is 2.44. The van der Waals surface area contributed by atoms with Crippen molar-refractivity contribution in [3.63, 3.8) is 0 Å². The molecule has 0 radical (unpaired) electrons. The van der Waals surface area contributed by atoms with Gasteiger partial charge in [-0.25, -0.2) is 9.07 Å². The van der Waals surface area contributed by atoms with Gasteiger partial charge in [0, 0.05) is 0 Å². The van der Waals surface area contributed by atoms with E-state index in [0.29, 0.717) is 10.9 Å². The van der Waals surface area contributed by atoms with E-state index >= 15 is 0 Å². The highest BCUT2D eigenvalue weighted by atomic mass is 19.1. The van der Waals surface area contributed by atoms with Crippen LogP contribution in [0.2, 0.25) is 0 Å². The van der Waals surface area contributed by atoms with E-state index in [0.717, 1.165) is 10.2 Å². The standard InChI is InChI=1S/C19H19FN4O2/c1-12(2)18(13-7-9-14(20)10-8-13)21-17(25)11-24-19(26)15-5-3-4-6-16(15)22-23-24/h3-10,12,18H,11H2,1-2H3,(H,21,25). The molecule has 0 fully saturated rings. The van der Waals surface area contributed by atoms with E-state index in [4.69, 9.17) is 0 Å². The molecule has 1 aromatic heterocycles. The minimum atomic E-state index is -0.367. The number of benzene rings is 2. The zero-order valence-corrected chi connectivity index (χ0v) is 14.5. The van der Waals surface area contributed by atoms with E-state index in [-0.39, 0.29) is 35.8 Å². The fourth-order valence-corrected chi connectivity index (χ4v) is 2.79. The molecule has 0 aliphatic heterocycles. The largest absolute Gasteiger partial charge is 0.347 e. The summed E-state index contributed by atoms with van der Waals surface area (Å²) < 4.78 is 14.2. The van der Waals surface area contributed by atoms with Crippen LogP contribution >= 0.6 is 0 Å². The second-order valence-corrected chi connectivity index (χ2v) is 6.41. The molecular weight excluding hydrogens is 335 g/mol. The Labute approximate surface area is 149 Å². The van der Waals surface area contributed by atoms with Gasteiger partial charge in [-0.05, 0) is 35.7 Å². The monoisotopic (exact) mass is 354 g/mol. The zero-order valence-electron chi connectivity index (χ0n) is 14.5. The molecule has 0 saturated heterocycles. The summed E-state index contributed by atoms with van der Waals surface area (Å²) in [5.41, 5.74) is 0.917. The Morgan fingerprint density at radius 2 is 1.85 bits per heavy atom. The molecule has 0 aliphatic rings. The van der Waals surface area contributed by atoms with Crippen molar-refractivity contribution in [2.75, 3.05) is 0 Å². The molecule has 1 unspecified atom stereocenters. The Balaban J connectivity index is 1.80. The van der Waals surface area contributed by atoms with Crippen LogP contribution in [0.3, 0.4) is 0 Å².